The van der Waals surface area contributed by atoms with E-state index in [9.17, 15) is 4.79 Å². The van der Waals surface area contributed by atoms with Gasteiger partial charge in [0.25, 0.3) is 5.91 Å². The summed E-state index contributed by atoms with van der Waals surface area (Å²) in [5.41, 5.74) is 0.697. The lowest BCUT2D eigenvalue weighted by Crippen LogP contribution is -2.32. The molecule has 1 aromatic rings. The summed E-state index contributed by atoms with van der Waals surface area (Å²) in [5.74, 6) is 2.20. The first-order valence-electron chi connectivity index (χ1n) is 6.09. The van der Waals surface area contributed by atoms with E-state index in [1.807, 2.05) is 11.8 Å². The van der Waals surface area contributed by atoms with Crippen LogP contribution in [0.25, 0.3) is 0 Å². The Bertz CT molecular complexity index is 443. The standard InChI is InChI=1S/C12H17N3O2/c1-7-11(17-8(2)14-7)12(16)15-5-9-3-13-4-10(9)6-15/h9-10,13H,3-6H2,1-2H3/t9-,10+. The first-order valence-corrected chi connectivity index (χ1v) is 6.09. The monoisotopic (exact) mass is 235 g/mol. The zero-order valence-electron chi connectivity index (χ0n) is 10.2. The molecule has 1 aromatic heterocycles. The van der Waals surface area contributed by atoms with Gasteiger partial charge in [-0.3, -0.25) is 4.79 Å². The number of carbonyl (C=O) groups excluding carboxylic acids is 1. The Morgan fingerprint density at radius 1 is 1.35 bits per heavy atom. The highest BCUT2D eigenvalue weighted by molar-refractivity contribution is 5.92. The third kappa shape index (κ3) is 1.74. The van der Waals surface area contributed by atoms with Crippen molar-refractivity contribution >= 4 is 5.91 Å². The number of hydrogen-bond donors (Lipinski definition) is 1. The van der Waals surface area contributed by atoms with Crippen molar-refractivity contribution in [3.63, 3.8) is 0 Å². The van der Waals surface area contributed by atoms with Gasteiger partial charge in [-0.2, -0.15) is 0 Å². The average Bonchev–Trinajstić information content (AvgIpc) is 2.90. The van der Waals surface area contributed by atoms with Crippen LogP contribution in [0.4, 0.5) is 0 Å². The second-order valence-corrected chi connectivity index (χ2v) is 5.04. The molecule has 5 nitrogen and oxygen atoms in total. The van der Waals surface area contributed by atoms with Crippen molar-refractivity contribution in [1.29, 1.82) is 0 Å². The van der Waals surface area contributed by atoms with Gasteiger partial charge >= 0.3 is 0 Å². The van der Waals surface area contributed by atoms with Gasteiger partial charge in [-0.15, -0.1) is 0 Å². The maximum absolute atomic E-state index is 12.3. The maximum atomic E-state index is 12.3. The lowest BCUT2D eigenvalue weighted by molar-refractivity contribution is 0.0747. The van der Waals surface area contributed by atoms with Crippen LogP contribution in [0.15, 0.2) is 4.42 Å². The summed E-state index contributed by atoms with van der Waals surface area (Å²) in [5, 5.41) is 3.37. The van der Waals surface area contributed by atoms with Gasteiger partial charge in [0.15, 0.2) is 5.89 Å². The van der Waals surface area contributed by atoms with Gasteiger partial charge in [0.1, 0.15) is 0 Å². The molecule has 3 heterocycles. The molecule has 0 spiro atoms. The molecule has 2 saturated heterocycles. The van der Waals surface area contributed by atoms with Crippen LogP contribution in [0, 0.1) is 25.7 Å². The molecular formula is C12H17N3O2. The molecule has 0 aliphatic carbocycles. The van der Waals surface area contributed by atoms with Crippen LogP contribution < -0.4 is 5.32 Å². The van der Waals surface area contributed by atoms with Crippen molar-refractivity contribution in [3.8, 4) is 0 Å². The van der Waals surface area contributed by atoms with Gasteiger partial charge in [0.2, 0.25) is 5.76 Å². The Kier molecular flexibility index (Phi) is 2.43. The third-order valence-corrected chi connectivity index (χ3v) is 3.77. The van der Waals surface area contributed by atoms with Crippen molar-refractivity contribution in [2.24, 2.45) is 11.8 Å². The first-order chi connectivity index (χ1) is 8.15. The molecule has 1 amide bonds. The van der Waals surface area contributed by atoms with Crippen LogP contribution >= 0.6 is 0 Å². The van der Waals surface area contributed by atoms with Crippen LogP contribution in [0.2, 0.25) is 0 Å². The van der Waals surface area contributed by atoms with Crippen LogP contribution in [0.3, 0.4) is 0 Å². The number of nitrogens with zero attached hydrogens (tertiary/aromatic N) is 2. The molecule has 0 unspecified atom stereocenters. The van der Waals surface area contributed by atoms with Crippen molar-refractivity contribution in [1.82, 2.24) is 15.2 Å². The molecule has 2 aliphatic rings. The molecule has 2 aliphatic heterocycles. The topological polar surface area (TPSA) is 58.4 Å². The number of hydrogen-bond acceptors (Lipinski definition) is 4. The normalized spacial score (nSPS) is 27.5. The summed E-state index contributed by atoms with van der Waals surface area (Å²) in [6.07, 6.45) is 0. The fourth-order valence-electron chi connectivity index (χ4n) is 2.89. The Hall–Kier alpha value is -1.36. The average molecular weight is 235 g/mol. The van der Waals surface area contributed by atoms with E-state index in [1.165, 1.54) is 0 Å². The number of likely N-dealkylation sites (tertiary alicyclic amines) is 1. The molecule has 3 rings (SSSR count). The maximum Gasteiger partial charge on any atom is 0.291 e. The number of rotatable bonds is 1. The number of carbonyl (C=O) groups is 1. The number of amides is 1. The van der Waals surface area contributed by atoms with Crippen LogP contribution in [-0.2, 0) is 0 Å². The van der Waals surface area contributed by atoms with Gasteiger partial charge < -0.3 is 14.6 Å². The van der Waals surface area contributed by atoms with Gasteiger partial charge in [-0.05, 0) is 18.8 Å². The third-order valence-electron chi connectivity index (χ3n) is 3.77. The van der Waals surface area contributed by atoms with E-state index in [-0.39, 0.29) is 5.91 Å². The molecule has 17 heavy (non-hydrogen) atoms. The van der Waals surface area contributed by atoms with Crippen LogP contribution in [0.5, 0.6) is 0 Å². The lowest BCUT2D eigenvalue weighted by Gasteiger charge is -2.15. The fraction of sp³-hybridized carbons (Fsp3) is 0.667. The highest BCUT2D eigenvalue weighted by Gasteiger charge is 2.39. The molecule has 5 heteroatoms. The number of nitrogens with one attached hydrogen (secondary N) is 1. The van der Waals surface area contributed by atoms with Crippen molar-refractivity contribution in [2.45, 2.75) is 13.8 Å². The zero-order chi connectivity index (χ0) is 12.0. The SMILES string of the molecule is Cc1nc(C)c(C(=O)N2C[C@H]3CNC[C@H]3C2)o1. The van der Waals surface area contributed by atoms with Gasteiger partial charge in [0, 0.05) is 33.1 Å². The molecule has 0 saturated carbocycles. The summed E-state index contributed by atoms with van der Waals surface area (Å²) in [7, 11) is 0. The van der Waals surface area contributed by atoms with Crippen molar-refractivity contribution in [3.05, 3.63) is 17.3 Å². The van der Waals surface area contributed by atoms with Gasteiger partial charge in [-0.1, -0.05) is 0 Å². The van der Waals surface area contributed by atoms with E-state index in [0.717, 1.165) is 26.2 Å². The summed E-state index contributed by atoms with van der Waals surface area (Å²) >= 11 is 0. The van der Waals surface area contributed by atoms with Gasteiger partial charge in [-0.25, -0.2) is 4.98 Å². The predicted octanol–water partition coefficient (Wildman–Crippen LogP) is 0.583. The summed E-state index contributed by atoms with van der Waals surface area (Å²) in [4.78, 5) is 18.3. The molecule has 92 valence electrons. The van der Waals surface area contributed by atoms with E-state index in [2.05, 4.69) is 10.3 Å². The highest BCUT2D eigenvalue weighted by Crippen LogP contribution is 2.28. The van der Waals surface area contributed by atoms with Crippen molar-refractivity contribution in [2.75, 3.05) is 26.2 Å². The van der Waals surface area contributed by atoms with E-state index < -0.39 is 0 Å². The molecule has 2 atom stereocenters. The number of oxazole rings is 1. The number of fused-ring (bicyclic) bond motifs is 1. The minimum absolute atomic E-state index is 0.00231. The Labute approximate surface area is 100 Å². The first kappa shape index (κ1) is 10.8. The quantitative estimate of drug-likeness (QED) is 0.773. The lowest BCUT2D eigenvalue weighted by atomic mass is 10.0. The molecule has 0 bridgehead atoms. The van der Waals surface area contributed by atoms with Crippen LogP contribution in [0.1, 0.15) is 22.1 Å². The van der Waals surface area contributed by atoms with E-state index in [4.69, 9.17) is 4.42 Å². The smallest absolute Gasteiger partial charge is 0.291 e. The molecule has 1 N–H and O–H groups in total. The summed E-state index contributed by atoms with van der Waals surface area (Å²) in [6, 6.07) is 0. The number of aromatic nitrogens is 1. The second kappa shape index (κ2) is 3.84. The largest absolute Gasteiger partial charge is 0.436 e. The molecular weight excluding hydrogens is 218 g/mol. The van der Waals surface area contributed by atoms with Crippen molar-refractivity contribution < 1.29 is 9.21 Å². The van der Waals surface area contributed by atoms with Gasteiger partial charge in [0.05, 0.1) is 5.69 Å². The zero-order valence-corrected chi connectivity index (χ0v) is 10.2. The molecule has 2 fully saturated rings. The predicted molar refractivity (Wildman–Crippen MR) is 61.7 cm³/mol. The van der Waals surface area contributed by atoms with E-state index in [1.54, 1.807) is 6.92 Å². The van der Waals surface area contributed by atoms with E-state index >= 15 is 0 Å². The van der Waals surface area contributed by atoms with E-state index in [0.29, 0.717) is 29.2 Å². The summed E-state index contributed by atoms with van der Waals surface area (Å²) < 4.78 is 5.39. The second-order valence-electron chi connectivity index (χ2n) is 5.04. The molecule has 0 radical (unpaired) electrons. The summed E-state index contributed by atoms with van der Waals surface area (Å²) in [6.45, 7) is 7.34. The highest BCUT2D eigenvalue weighted by atomic mass is 16.4. The molecule has 0 aromatic carbocycles. The minimum atomic E-state index is -0.00231. The minimum Gasteiger partial charge on any atom is -0.436 e. The van der Waals surface area contributed by atoms with Crippen LogP contribution in [-0.4, -0.2) is 42.0 Å². The fourth-order valence-corrected chi connectivity index (χ4v) is 2.89. The Morgan fingerprint density at radius 3 is 2.53 bits per heavy atom. The Balaban J connectivity index is 1.77. The number of aryl methyl sites for hydroxylation is 2. The Morgan fingerprint density at radius 2 is 2.00 bits per heavy atom.